The molecule has 0 aliphatic rings. The number of H-pyrrole nitrogens is 1. The maximum absolute atomic E-state index is 12.8. The molecule has 1 unspecified atom stereocenters. The summed E-state index contributed by atoms with van der Waals surface area (Å²) < 4.78 is 12.1. The van der Waals surface area contributed by atoms with Gasteiger partial charge in [-0.15, -0.1) is 5.10 Å². The number of nitrogens with two attached hydrogens (primary N) is 2. The van der Waals surface area contributed by atoms with Crippen molar-refractivity contribution < 1.29 is 24.5 Å². The fraction of sp³-hybridized carbons (Fsp3) is 0.192. The molecule has 2 aromatic heterocycles. The van der Waals surface area contributed by atoms with Crippen molar-refractivity contribution in [3.8, 4) is 17.3 Å². The van der Waals surface area contributed by atoms with E-state index in [1.54, 1.807) is 54.6 Å². The third kappa shape index (κ3) is 7.58. The van der Waals surface area contributed by atoms with Gasteiger partial charge in [-0.25, -0.2) is 9.78 Å². The second-order valence-corrected chi connectivity index (χ2v) is 8.24. The molecule has 4 rings (SSSR count). The van der Waals surface area contributed by atoms with Crippen LogP contribution in [-0.4, -0.2) is 62.1 Å². The number of hydrogen-bond acceptors (Lipinski definition) is 10. The van der Waals surface area contributed by atoms with Gasteiger partial charge in [0.2, 0.25) is 0 Å². The number of aliphatic hydroxyl groups excluding tert-OH is 1. The number of amidine groups is 1. The lowest BCUT2D eigenvalue weighted by atomic mass is 10.0. The minimum absolute atomic E-state index is 0.0485. The van der Waals surface area contributed by atoms with Crippen LogP contribution in [0.15, 0.2) is 65.6 Å². The normalized spacial score (nSPS) is 11.1. The zero-order valence-corrected chi connectivity index (χ0v) is 21.8. The molecule has 0 amide bonds. The Balaban J connectivity index is 0.00000103. The predicted octanol–water partition coefficient (Wildman–Crippen LogP) is 1.49. The van der Waals surface area contributed by atoms with Gasteiger partial charge in [-0.1, -0.05) is 0 Å². The van der Waals surface area contributed by atoms with Crippen molar-refractivity contribution in [2.24, 2.45) is 5.73 Å². The molecule has 210 valence electrons. The molecule has 40 heavy (non-hydrogen) atoms. The molecular weight excluding hydrogens is 520 g/mol. The minimum atomic E-state index is -0.833. The van der Waals surface area contributed by atoms with Crippen molar-refractivity contribution >= 4 is 23.2 Å². The number of nitrogen functional groups attached to an aromatic ring is 2. The number of ether oxygens (including phenoxy) is 2. The van der Waals surface area contributed by atoms with Gasteiger partial charge in [0.1, 0.15) is 30.0 Å². The number of aromatic nitrogens is 4. The summed E-state index contributed by atoms with van der Waals surface area (Å²) in [5, 5.41) is 32.0. The van der Waals surface area contributed by atoms with E-state index in [9.17, 15) is 4.79 Å². The molecule has 0 radical (unpaired) electrons. The number of aliphatic hydroxyl groups is 1. The molecule has 2 aromatic carbocycles. The Morgan fingerprint density at radius 2 is 1.88 bits per heavy atom. The van der Waals surface area contributed by atoms with E-state index in [1.165, 1.54) is 13.3 Å². The van der Waals surface area contributed by atoms with Crippen molar-refractivity contribution in [2.45, 2.75) is 13.0 Å². The first kappa shape index (κ1) is 29.2. The number of carboxylic acid groups (broad SMARTS) is 1. The van der Waals surface area contributed by atoms with Gasteiger partial charge < -0.3 is 36.5 Å². The van der Waals surface area contributed by atoms with E-state index in [4.69, 9.17) is 41.4 Å². The lowest BCUT2D eigenvalue weighted by molar-refractivity contribution is -0.134. The number of aliphatic carboxylic acids is 1. The lowest BCUT2D eigenvalue weighted by Gasteiger charge is -2.20. The molecule has 0 spiro atoms. The molecular formula is C26H30N8O6. The Labute approximate surface area is 228 Å². The van der Waals surface area contributed by atoms with E-state index in [-0.39, 0.29) is 30.7 Å². The number of pyridine rings is 1. The minimum Gasteiger partial charge on any atom is -0.497 e. The summed E-state index contributed by atoms with van der Waals surface area (Å²) in [4.78, 5) is 28.8. The summed E-state index contributed by atoms with van der Waals surface area (Å²) in [6.45, 7) is 1.03. The summed E-state index contributed by atoms with van der Waals surface area (Å²) in [7, 11) is 1.53. The van der Waals surface area contributed by atoms with E-state index in [0.29, 0.717) is 34.0 Å². The Kier molecular flexibility index (Phi) is 9.80. The van der Waals surface area contributed by atoms with E-state index in [2.05, 4.69) is 20.4 Å². The maximum Gasteiger partial charge on any atom is 0.349 e. The quantitative estimate of drug-likeness (QED) is 0.110. The van der Waals surface area contributed by atoms with Crippen LogP contribution in [0.3, 0.4) is 0 Å². The Bertz CT molecular complexity index is 1510. The van der Waals surface area contributed by atoms with E-state index >= 15 is 0 Å². The van der Waals surface area contributed by atoms with Gasteiger partial charge >= 0.3 is 5.69 Å². The van der Waals surface area contributed by atoms with Crippen molar-refractivity contribution in [2.75, 3.05) is 31.4 Å². The van der Waals surface area contributed by atoms with Gasteiger partial charge in [0.05, 0.1) is 19.4 Å². The number of anilines is 2. The summed E-state index contributed by atoms with van der Waals surface area (Å²) in [5.41, 5.74) is 13.3. The molecule has 14 heteroatoms. The zero-order valence-electron chi connectivity index (χ0n) is 21.8. The fourth-order valence-corrected chi connectivity index (χ4v) is 3.55. The Hall–Kier alpha value is -5.37. The number of nitrogens with one attached hydrogen (secondary N) is 3. The standard InChI is InChI=1S/C24H26N8O4.C2H4O2/c1-35-17-11-15(12-18(13-17)36-10-9-33)20(29-16-6-4-14(5-7-16)21(26)27)22-30-24(34)32(31-22)23-19(25)3-2-8-28-23;1-2(3)4/h2-8,11-13,20,29,33H,9-10,25H2,1H3,(H3,26,27)(H,30,31,34);1H3,(H,3,4). The van der Waals surface area contributed by atoms with Gasteiger partial charge in [-0.2, -0.15) is 4.68 Å². The number of rotatable bonds is 10. The number of carboxylic acids is 1. The highest BCUT2D eigenvalue weighted by Gasteiger charge is 2.23. The van der Waals surface area contributed by atoms with Crippen LogP contribution >= 0.6 is 0 Å². The second kappa shape index (κ2) is 13.4. The molecule has 0 fully saturated rings. The van der Waals surface area contributed by atoms with Crippen LogP contribution in [0.5, 0.6) is 11.5 Å². The highest BCUT2D eigenvalue weighted by molar-refractivity contribution is 5.95. The largest absolute Gasteiger partial charge is 0.497 e. The highest BCUT2D eigenvalue weighted by Crippen LogP contribution is 2.31. The van der Waals surface area contributed by atoms with E-state index < -0.39 is 17.7 Å². The number of hydrogen-bond donors (Lipinski definition) is 7. The number of benzene rings is 2. The van der Waals surface area contributed by atoms with Gasteiger partial charge in [0.15, 0.2) is 11.6 Å². The maximum atomic E-state index is 12.8. The Morgan fingerprint density at radius 3 is 2.48 bits per heavy atom. The molecule has 1 atom stereocenters. The zero-order chi connectivity index (χ0) is 29.2. The smallest absolute Gasteiger partial charge is 0.349 e. The molecule has 0 aliphatic carbocycles. The predicted molar refractivity (Wildman–Crippen MR) is 148 cm³/mol. The number of carbonyl (C=O) groups is 1. The van der Waals surface area contributed by atoms with Crippen molar-refractivity contribution in [3.63, 3.8) is 0 Å². The number of methoxy groups -OCH3 is 1. The molecule has 9 N–H and O–H groups in total. The first-order valence-corrected chi connectivity index (χ1v) is 11.9. The van der Waals surface area contributed by atoms with E-state index in [1.807, 2.05) is 0 Å². The summed E-state index contributed by atoms with van der Waals surface area (Å²) in [6.07, 6.45) is 1.52. The van der Waals surface area contributed by atoms with Gasteiger partial charge in [-0.05, 0) is 54.1 Å². The van der Waals surface area contributed by atoms with Crippen LogP contribution in [0.25, 0.3) is 5.82 Å². The first-order chi connectivity index (χ1) is 19.1. The Morgan fingerprint density at radius 1 is 1.20 bits per heavy atom. The molecule has 0 aliphatic heterocycles. The SMILES string of the molecule is CC(=O)O.COc1cc(OCCO)cc(C(Nc2ccc(C(=N)N)cc2)c2nn(-c3ncccc3N)c(=O)[nH]2)c1. The third-order valence-electron chi connectivity index (χ3n) is 5.26. The van der Waals surface area contributed by atoms with Crippen LogP contribution in [0.4, 0.5) is 11.4 Å². The van der Waals surface area contributed by atoms with Crippen LogP contribution < -0.4 is 31.9 Å². The average Bonchev–Trinajstić information content (AvgIpc) is 3.31. The van der Waals surface area contributed by atoms with Gasteiger partial charge in [0.25, 0.3) is 5.97 Å². The van der Waals surface area contributed by atoms with Crippen LogP contribution in [-0.2, 0) is 4.79 Å². The van der Waals surface area contributed by atoms with Crippen LogP contribution in [0, 0.1) is 5.41 Å². The molecule has 4 aromatic rings. The fourth-order valence-electron chi connectivity index (χ4n) is 3.55. The van der Waals surface area contributed by atoms with Crippen molar-refractivity contribution in [3.05, 3.63) is 88.2 Å². The molecule has 14 nitrogen and oxygen atoms in total. The van der Waals surface area contributed by atoms with Crippen molar-refractivity contribution in [1.82, 2.24) is 19.7 Å². The second-order valence-electron chi connectivity index (χ2n) is 8.24. The molecule has 0 saturated carbocycles. The monoisotopic (exact) mass is 550 g/mol. The average molecular weight is 551 g/mol. The molecule has 0 saturated heterocycles. The number of aromatic amines is 1. The lowest BCUT2D eigenvalue weighted by Crippen LogP contribution is -2.18. The molecule has 0 bridgehead atoms. The van der Waals surface area contributed by atoms with Crippen molar-refractivity contribution in [1.29, 1.82) is 5.41 Å². The number of nitrogens with zero attached hydrogens (tertiary/aromatic N) is 3. The topological polar surface area (TPSA) is 227 Å². The van der Waals surface area contributed by atoms with Crippen LogP contribution in [0.1, 0.15) is 29.9 Å². The van der Waals surface area contributed by atoms with Gasteiger partial charge in [-0.3, -0.25) is 15.2 Å². The third-order valence-corrected chi connectivity index (χ3v) is 5.26. The van der Waals surface area contributed by atoms with E-state index in [0.717, 1.165) is 11.6 Å². The summed E-state index contributed by atoms with van der Waals surface area (Å²) in [6, 6.07) is 14.8. The van der Waals surface area contributed by atoms with Gasteiger partial charge in [0, 0.05) is 30.4 Å². The summed E-state index contributed by atoms with van der Waals surface area (Å²) >= 11 is 0. The first-order valence-electron chi connectivity index (χ1n) is 11.9. The molecule has 2 heterocycles. The highest BCUT2D eigenvalue weighted by atomic mass is 16.5. The summed E-state index contributed by atoms with van der Waals surface area (Å²) in [5.74, 6) is 0.574. The van der Waals surface area contributed by atoms with Crippen LogP contribution in [0.2, 0.25) is 0 Å².